The van der Waals surface area contributed by atoms with Crippen LogP contribution in [-0.4, -0.2) is 51.7 Å². The molecule has 1 atom stereocenters. The summed E-state index contributed by atoms with van der Waals surface area (Å²) < 4.78 is 4.93. The number of pyridine rings is 1. The van der Waals surface area contributed by atoms with E-state index in [2.05, 4.69) is 30.4 Å². The number of thiazole rings is 1. The Morgan fingerprint density at radius 2 is 2.06 bits per heavy atom. The molecule has 1 unspecified atom stereocenters. The molecule has 4 heterocycles. The minimum Gasteiger partial charge on any atom is -0.461 e. The van der Waals surface area contributed by atoms with Crippen LogP contribution in [0.25, 0.3) is 11.3 Å². The molecule has 31 heavy (non-hydrogen) atoms. The minimum atomic E-state index is -0.489. The van der Waals surface area contributed by atoms with Crippen LogP contribution in [0.1, 0.15) is 30.3 Å². The summed E-state index contributed by atoms with van der Waals surface area (Å²) >= 11 is 1.21. The lowest BCUT2D eigenvalue weighted by Gasteiger charge is -2.32. The van der Waals surface area contributed by atoms with Crippen LogP contribution < -0.4 is 10.2 Å². The van der Waals surface area contributed by atoms with Crippen LogP contribution >= 0.6 is 11.3 Å². The fourth-order valence-corrected chi connectivity index (χ4v) is 4.09. The fourth-order valence-electron chi connectivity index (χ4n) is 3.41. The summed E-state index contributed by atoms with van der Waals surface area (Å²) in [6, 6.07) is 7.62. The summed E-state index contributed by atoms with van der Waals surface area (Å²) in [5.74, 6) is -0.0628. The lowest BCUT2D eigenvalue weighted by atomic mass is 9.97. The zero-order valence-corrected chi connectivity index (χ0v) is 17.8. The van der Waals surface area contributed by atoms with Crippen LogP contribution in [0, 0.1) is 5.92 Å². The molecule has 0 bridgehead atoms. The van der Waals surface area contributed by atoms with Crippen molar-refractivity contribution < 1.29 is 14.3 Å². The van der Waals surface area contributed by atoms with Gasteiger partial charge in [0.25, 0.3) is 0 Å². The highest BCUT2D eigenvalue weighted by Gasteiger charge is 2.27. The number of nitrogens with one attached hydrogen (secondary N) is 1. The van der Waals surface area contributed by atoms with Crippen molar-refractivity contribution in [2.75, 3.05) is 29.9 Å². The largest absolute Gasteiger partial charge is 0.461 e. The monoisotopic (exact) mass is 438 g/mol. The van der Waals surface area contributed by atoms with Crippen LogP contribution in [-0.2, 0) is 9.53 Å². The molecule has 1 saturated heterocycles. The molecule has 160 valence electrons. The van der Waals surface area contributed by atoms with Crippen molar-refractivity contribution in [3.63, 3.8) is 0 Å². The quantitative estimate of drug-likeness (QED) is 0.585. The number of nitrogens with zero attached hydrogens (tertiary/aromatic N) is 5. The normalized spacial score (nSPS) is 16.0. The molecule has 0 aromatic carbocycles. The van der Waals surface area contributed by atoms with Gasteiger partial charge in [-0.1, -0.05) is 0 Å². The molecule has 1 N–H and O–H groups in total. The third kappa shape index (κ3) is 5.02. The number of ether oxygens (including phenoxy) is 1. The number of aromatic nitrogens is 4. The lowest BCUT2D eigenvalue weighted by Crippen LogP contribution is -2.41. The molecule has 0 aliphatic carbocycles. The second-order valence-corrected chi connectivity index (χ2v) is 7.90. The number of esters is 1. The molecule has 1 fully saturated rings. The lowest BCUT2D eigenvalue weighted by molar-refractivity contribution is -0.120. The zero-order valence-electron chi connectivity index (χ0n) is 17.0. The Bertz CT molecular complexity index is 1040. The third-order valence-corrected chi connectivity index (χ3v) is 5.72. The highest BCUT2D eigenvalue weighted by molar-refractivity contribution is 7.14. The molecule has 9 nitrogen and oxygen atoms in total. The molecular formula is C21H22N6O3S. The molecular weight excluding hydrogens is 416 g/mol. The van der Waals surface area contributed by atoms with E-state index in [1.165, 1.54) is 11.3 Å². The Hall–Kier alpha value is -3.40. The molecule has 1 amide bonds. The van der Waals surface area contributed by atoms with E-state index in [0.717, 1.165) is 36.5 Å². The van der Waals surface area contributed by atoms with Crippen LogP contribution in [0.2, 0.25) is 0 Å². The number of carbonyl (C=O) groups excluding carboxylic acids is 2. The van der Waals surface area contributed by atoms with E-state index < -0.39 is 5.97 Å². The van der Waals surface area contributed by atoms with Crippen LogP contribution in [0.15, 0.2) is 42.0 Å². The summed E-state index contributed by atoms with van der Waals surface area (Å²) in [6.45, 7) is 3.38. The topological polar surface area (TPSA) is 110 Å². The highest BCUT2D eigenvalue weighted by Crippen LogP contribution is 2.25. The van der Waals surface area contributed by atoms with Gasteiger partial charge in [-0.25, -0.2) is 9.78 Å². The minimum absolute atomic E-state index is 0.115. The Morgan fingerprint density at radius 1 is 1.23 bits per heavy atom. The van der Waals surface area contributed by atoms with Gasteiger partial charge in [-0.3, -0.25) is 9.78 Å². The smallest absolute Gasteiger partial charge is 0.357 e. The van der Waals surface area contributed by atoms with Crippen molar-refractivity contribution in [2.45, 2.75) is 19.8 Å². The number of piperidine rings is 1. The van der Waals surface area contributed by atoms with Gasteiger partial charge in [0.05, 0.1) is 18.2 Å². The van der Waals surface area contributed by atoms with Crippen LogP contribution in [0.4, 0.5) is 10.9 Å². The van der Waals surface area contributed by atoms with E-state index in [9.17, 15) is 9.59 Å². The van der Waals surface area contributed by atoms with Crippen molar-refractivity contribution in [3.8, 4) is 11.3 Å². The van der Waals surface area contributed by atoms with Gasteiger partial charge < -0.3 is 15.0 Å². The molecule has 10 heteroatoms. The van der Waals surface area contributed by atoms with E-state index in [1.54, 1.807) is 24.7 Å². The molecule has 0 saturated carbocycles. The molecule has 0 radical (unpaired) electrons. The second-order valence-electron chi connectivity index (χ2n) is 7.05. The molecule has 1 aliphatic heterocycles. The van der Waals surface area contributed by atoms with Crippen molar-refractivity contribution in [1.29, 1.82) is 0 Å². The molecule has 3 aromatic rings. The maximum Gasteiger partial charge on any atom is 0.357 e. The Balaban J connectivity index is 1.38. The number of hydrogen-bond acceptors (Lipinski definition) is 9. The Kier molecular flexibility index (Phi) is 6.46. The number of anilines is 2. The van der Waals surface area contributed by atoms with Crippen molar-refractivity contribution in [1.82, 2.24) is 20.2 Å². The highest BCUT2D eigenvalue weighted by atomic mass is 32.1. The number of amides is 1. The summed E-state index contributed by atoms with van der Waals surface area (Å²) in [4.78, 5) is 34.7. The third-order valence-electron chi connectivity index (χ3n) is 4.96. The molecule has 3 aromatic heterocycles. The van der Waals surface area contributed by atoms with E-state index in [4.69, 9.17) is 4.74 Å². The summed E-state index contributed by atoms with van der Waals surface area (Å²) in [7, 11) is 0. The van der Waals surface area contributed by atoms with Gasteiger partial charge in [0, 0.05) is 36.4 Å². The molecule has 1 aliphatic rings. The first-order chi connectivity index (χ1) is 15.1. The van der Waals surface area contributed by atoms with Gasteiger partial charge in [0.2, 0.25) is 5.91 Å². The van der Waals surface area contributed by atoms with Gasteiger partial charge >= 0.3 is 5.97 Å². The maximum absolute atomic E-state index is 12.8. The fraction of sp³-hybridized carbons (Fsp3) is 0.333. The first-order valence-corrected chi connectivity index (χ1v) is 10.9. The SMILES string of the molecule is CCOC(=O)c1csc(NC(=O)C2CCCN(c3ccc(-c4ccncc4)nn3)C2)n1. The van der Waals surface area contributed by atoms with E-state index in [0.29, 0.717) is 11.7 Å². The zero-order chi connectivity index (χ0) is 21.6. The van der Waals surface area contributed by atoms with Crippen molar-refractivity contribution >= 4 is 34.2 Å². The van der Waals surface area contributed by atoms with Crippen molar-refractivity contribution in [2.24, 2.45) is 5.92 Å². The van der Waals surface area contributed by atoms with Gasteiger partial charge in [0.15, 0.2) is 16.6 Å². The molecule has 4 rings (SSSR count). The molecule has 0 spiro atoms. The van der Waals surface area contributed by atoms with Gasteiger partial charge in [0.1, 0.15) is 0 Å². The summed E-state index contributed by atoms with van der Waals surface area (Å²) in [5, 5.41) is 13.5. The van der Waals surface area contributed by atoms with E-state index in [-0.39, 0.29) is 24.1 Å². The Labute approximate surface area is 183 Å². The van der Waals surface area contributed by atoms with Crippen LogP contribution in [0.5, 0.6) is 0 Å². The first kappa shape index (κ1) is 20.9. The Morgan fingerprint density at radius 3 is 2.81 bits per heavy atom. The predicted octanol–water partition coefficient (Wildman–Crippen LogP) is 3.03. The summed E-state index contributed by atoms with van der Waals surface area (Å²) in [6.07, 6.45) is 5.09. The standard InChI is InChI=1S/C21H22N6O3S/c1-2-30-20(29)17-13-31-21(23-17)24-19(28)15-4-3-11-27(12-15)18-6-5-16(25-26-18)14-7-9-22-10-8-14/h5-10,13,15H,2-4,11-12H2,1H3,(H,23,24,28). The van der Waals surface area contributed by atoms with E-state index in [1.807, 2.05) is 24.3 Å². The average molecular weight is 439 g/mol. The number of carbonyl (C=O) groups is 2. The first-order valence-electron chi connectivity index (χ1n) is 10.1. The van der Waals surface area contributed by atoms with Gasteiger partial charge in [-0.05, 0) is 44.0 Å². The van der Waals surface area contributed by atoms with Gasteiger partial charge in [-0.15, -0.1) is 21.5 Å². The van der Waals surface area contributed by atoms with Crippen LogP contribution in [0.3, 0.4) is 0 Å². The average Bonchev–Trinajstić information content (AvgIpc) is 3.29. The predicted molar refractivity (Wildman–Crippen MR) is 117 cm³/mol. The number of hydrogen-bond donors (Lipinski definition) is 1. The second kappa shape index (κ2) is 9.61. The van der Waals surface area contributed by atoms with Gasteiger partial charge in [-0.2, -0.15) is 0 Å². The van der Waals surface area contributed by atoms with Crippen molar-refractivity contribution in [3.05, 3.63) is 47.7 Å². The maximum atomic E-state index is 12.8. The summed E-state index contributed by atoms with van der Waals surface area (Å²) in [5.41, 5.74) is 1.94. The number of rotatable bonds is 6. The van der Waals surface area contributed by atoms with E-state index >= 15 is 0 Å².